The molecule has 0 spiro atoms. The average molecular weight is 338 g/mol. The molecule has 3 rings (SSSR count). The maximum Gasteiger partial charge on any atom is 0.250 e. The van der Waals surface area contributed by atoms with Crippen molar-refractivity contribution in [2.75, 3.05) is 6.54 Å². The third-order valence-electron chi connectivity index (χ3n) is 4.41. The summed E-state index contributed by atoms with van der Waals surface area (Å²) in [6.07, 6.45) is 2.95. The lowest BCUT2D eigenvalue weighted by atomic mass is 9.99. The number of benzene rings is 2. The van der Waals surface area contributed by atoms with Crippen LogP contribution in [0.2, 0.25) is 0 Å². The van der Waals surface area contributed by atoms with Crippen LogP contribution < -0.4 is 5.48 Å². The Morgan fingerprint density at radius 1 is 1.24 bits per heavy atom. The van der Waals surface area contributed by atoms with Gasteiger partial charge in [-0.15, -0.1) is 0 Å². The summed E-state index contributed by atoms with van der Waals surface area (Å²) in [5.41, 5.74) is 3.50. The molecule has 0 aliphatic carbocycles. The molecule has 2 aromatic rings. The van der Waals surface area contributed by atoms with Gasteiger partial charge in [0.2, 0.25) is 11.8 Å². The van der Waals surface area contributed by atoms with Crippen molar-refractivity contribution in [1.82, 2.24) is 10.4 Å². The molecule has 0 saturated heterocycles. The lowest BCUT2D eigenvalue weighted by Gasteiger charge is -2.18. The van der Waals surface area contributed by atoms with Gasteiger partial charge in [-0.05, 0) is 22.8 Å². The van der Waals surface area contributed by atoms with Crippen LogP contribution in [0.15, 0.2) is 48.0 Å². The summed E-state index contributed by atoms with van der Waals surface area (Å²) in [6, 6.07) is 11.4. The Morgan fingerprint density at radius 2 is 2.04 bits per heavy atom. The Hall–Kier alpha value is -2.99. The van der Waals surface area contributed by atoms with Crippen LogP contribution in [0, 0.1) is 0 Å². The van der Waals surface area contributed by atoms with Crippen molar-refractivity contribution in [3.8, 4) is 0 Å². The van der Waals surface area contributed by atoms with E-state index in [2.05, 4.69) is 0 Å². The van der Waals surface area contributed by atoms with E-state index < -0.39 is 5.91 Å². The minimum absolute atomic E-state index is 0.0531. The van der Waals surface area contributed by atoms with Gasteiger partial charge in [0.1, 0.15) is 0 Å². The average Bonchev–Trinajstić information content (AvgIpc) is 2.99. The molecule has 1 aliphatic rings. The summed E-state index contributed by atoms with van der Waals surface area (Å²) >= 11 is 0. The zero-order valence-corrected chi connectivity index (χ0v) is 13.6. The van der Waals surface area contributed by atoms with Gasteiger partial charge in [0.15, 0.2) is 6.29 Å². The van der Waals surface area contributed by atoms with Crippen molar-refractivity contribution >= 4 is 28.9 Å². The number of aldehydes is 1. The molecule has 0 saturated carbocycles. The maximum absolute atomic E-state index is 12.4. The van der Waals surface area contributed by atoms with E-state index in [1.807, 2.05) is 36.4 Å². The van der Waals surface area contributed by atoms with Gasteiger partial charge in [-0.25, -0.2) is 5.48 Å². The molecule has 0 aromatic heterocycles. The normalized spacial score (nSPS) is 13.9. The molecule has 1 heterocycles. The highest BCUT2D eigenvalue weighted by molar-refractivity contribution is 6.00. The van der Waals surface area contributed by atoms with Crippen LogP contribution in [0.4, 0.5) is 0 Å². The van der Waals surface area contributed by atoms with E-state index in [4.69, 9.17) is 5.21 Å². The molecule has 1 aliphatic heterocycles. The second-order valence-electron chi connectivity index (χ2n) is 5.93. The van der Waals surface area contributed by atoms with Gasteiger partial charge >= 0.3 is 0 Å². The van der Waals surface area contributed by atoms with Gasteiger partial charge in [0, 0.05) is 30.6 Å². The van der Waals surface area contributed by atoms with Gasteiger partial charge in [-0.3, -0.25) is 19.6 Å². The smallest absolute Gasteiger partial charge is 0.250 e. The van der Waals surface area contributed by atoms with Gasteiger partial charge < -0.3 is 4.90 Å². The van der Waals surface area contributed by atoms with Crippen LogP contribution in [0.1, 0.15) is 28.8 Å². The number of amides is 2. The SMILES string of the molecule is O=Cc1c(CN2CC=C(CCC(=O)NO)C2=O)ccc2ccccc12. The minimum Gasteiger partial charge on any atom is -0.331 e. The number of nitrogens with zero attached hydrogens (tertiary/aromatic N) is 1. The lowest BCUT2D eigenvalue weighted by molar-refractivity contribution is -0.129. The summed E-state index contributed by atoms with van der Waals surface area (Å²) in [5, 5.41) is 10.4. The number of nitrogens with one attached hydrogen (secondary N) is 1. The molecule has 128 valence electrons. The Kier molecular flexibility index (Phi) is 4.90. The number of hydrogen-bond donors (Lipinski definition) is 2. The van der Waals surface area contributed by atoms with Crippen molar-refractivity contribution in [3.05, 3.63) is 59.2 Å². The van der Waals surface area contributed by atoms with Crippen molar-refractivity contribution in [1.29, 1.82) is 0 Å². The third-order valence-corrected chi connectivity index (χ3v) is 4.41. The van der Waals surface area contributed by atoms with Crippen LogP contribution in [-0.2, 0) is 16.1 Å². The summed E-state index contributed by atoms with van der Waals surface area (Å²) < 4.78 is 0. The Morgan fingerprint density at radius 3 is 2.80 bits per heavy atom. The minimum atomic E-state index is -0.523. The first-order chi connectivity index (χ1) is 12.1. The molecule has 6 nitrogen and oxygen atoms in total. The molecule has 0 fully saturated rings. The Labute approximate surface area is 144 Å². The predicted octanol–water partition coefficient (Wildman–Crippen LogP) is 2.21. The molecule has 2 aromatic carbocycles. The Bertz CT molecular complexity index is 873. The highest BCUT2D eigenvalue weighted by Crippen LogP contribution is 2.24. The molecule has 0 bridgehead atoms. The largest absolute Gasteiger partial charge is 0.331 e. The number of fused-ring (bicyclic) bond motifs is 1. The first-order valence-corrected chi connectivity index (χ1v) is 8.01. The van der Waals surface area contributed by atoms with E-state index in [0.29, 0.717) is 24.2 Å². The van der Waals surface area contributed by atoms with Crippen LogP contribution in [-0.4, -0.2) is 34.8 Å². The molecular weight excluding hydrogens is 320 g/mol. The highest BCUT2D eigenvalue weighted by atomic mass is 16.5. The Balaban J connectivity index is 1.76. The van der Waals surface area contributed by atoms with Gasteiger partial charge in [0.05, 0.1) is 0 Å². The molecule has 6 heteroatoms. The highest BCUT2D eigenvalue weighted by Gasteiger charge is 2.25. The van der Waals surface area contributed by atoms with E-state index in [9.17, 15) is 14.4 Å². The zero-order valence-electron chi connectivity index (χ0n) is 13.6. The maximum atomic E-state index is 12.4. The monoisotopic (exact) mass is 338 g/mol. The standard InChI is InChI=1S/C19H18N2O4/c22-12-17-15(6-5-13-3-1-2-4-16(13)17)11-21-10-9-14(19(21)24)7-8-18(23)20-25/h1-6,9,12,25H,7-8,10-11H2,(H,20,23). The summed E-state index contributed by atoms with van der Waals surface area (Å²) in [5.74, 6) is -0.666. The molecule has 2 amide bonds. The van der Waals surface area contributed by atoms with Crippen LogP contribution in [0.25, 0.3) is 10.8 Å². The van der Waals surface area contributed by atoms with Crippen molar-refractivity contribution in [3.63, 3.8) is 0 Å². The summed E-state index contributed by atoms with van der Waals surface area (Å²) in [4.78, 5) is 36.8. The lowest BCUT2D eigenvalue weighted by Crippen LogP contribution is -2.27. The van der Waals surface area contributed by atoms with Gasteiger partial charge in [-0.2, -0.15) is 0 Å². The van der Waals surface area contributed by atoms with E-state index in [0.717, 1.165) is 22.6 Å². The van der Waals surface area contributed by atoms with E-state index in [-0.39, 0.29) is 18.7 Å². The summed E-state index contributed by atoms with van der Waals surface area (Å²) in [7, 11) is 0. The molecule has 0 unspecified atom stereocenters. The van der Waals surface area contributed by atoms with Gasteiger partial charge in [-0.1, -0.05) is 42.5 Å². The molecule has 0 radical (unpaired) electrons. The topological polar surface area (TPSA) is 86.7 Å². The zero-order chi connectivity index (χ0) is 17.8. The first kappa shape index (κ1) is 16.9. The fourth-order valence-electron chi connectivity index (χ4n) is 3.07. The number of rotatable bonds is 6. The second kappa shape index (κ2) is 7.27. The fraction of sp³-hybridized carbons (Fsp3) is 0.211. The van der Waals surface area contributed by atoms with E-state index >= 15 is 0 Å². The number of hydroxylamine groups is 1. The van der Waals surface area contributed by atoms with E-state index in [1.165, 1.54) is 0 Å². The number of carbonyl (C=O) groups excluding carboxylic acids is 3. The van der Waals surface area contributed by atoms with E-state index in [1.54, 1.807) is 16.5 Å². The summed E-state index contributed by atoms with van der Waals surface area (Å²) in [6.45, 7) is 0.782. The second-order valence-corrected chi connectivity index (χ2v) is 5.93. The molecule has 0 atom stereocenters. The quantitative estimate of drug-likeness (QED) is 0.480. The third kappa shape index (κ3) is 3.44. The van der Waals surface area contributed by atoms with Crippen LogP contribution in [0.3, 0.4) is 0 Å². The molecule has 2 N–H and O–H groups in total. The predicted molar refractivity (Wildman–Crippen MR) is 92.0 cm³/mol. The van der Waals surface area contributed by atoms with Crippen molar-refractivity contribution in [2.45, 2.75) is 19.4 Å². The first-order valence-electron chi connectivity index (χ1n) is 8.01. The van der Waals surface area contributed by atoms with Crippen LogP contribution >= 0.6 is 0 Å². The van der Waals surface area contributed by atoms with Crippen molar-refractivity contribution in [2.24, 2.45) is 0 Å². The molecule has 25 heavy (non-hydrogen) atoms. The molecular formula is C19H18N2O4. The number of hydrogen-bond acceptors (Lipinski definition) is 4. The van der Waals surface area contributed by atoms with Crippen molar-refractivity contribution < 1.29 is 19.6 Å². The fourth-order valence-corrected chi connectivity index (χ4v) is 3.07. The van der Waals surface area contributed by atoms with Gasteiger partial charge in [0.25, 0.3) is 0 Å². The van der Waals surface area contributed by atoms with Crippen LogP contribution in [0.5, 0.6) is 0 Å². The number of carbonyl (C=O) groups is 3.